The smallest absolute Gasteiger partial charge is 0.241 e. The fourth-order valence-corrected chi connectivity index (χ4v) is 3.51. The SMILES string of the molecule is CC1Cc2ccccc2N1C(=O)CN1CCC[C@H]1CO. The molecule has 2 heterocycles. The van der Waals surface area contributed by atoms with Crippen molar-refractivity contribution in [3.63, 3.8) is 0 Å². The third-order valence-corrected chi connectivity index (χ3v) is 4.52. The average molecular weight is 274 g/mol. The van der Waals surface area contributed by atoms with Crippen molar-refractivity contribution in [2.45, 2.75) is 38.3 Å². The normalized spacial score (nSPS) is 26.0. The van der Waals surface area contributed by atoms with E-state index >= 15 is 0 Å². The highest BCUT2D eigenvalue weighted by molar-refractivity contribution is 5.97. The number of carbonyl (C=O) groups is 1. The first-order chi connectivity index (χ1) is 9.70. The molecule has 0 aromatic heterocycles. The first-order valence-electron chi connectivity index (χ1n) is 7.45. The maximum Gasteiger partial charge on any atom is 0.241 e. The van der Waals surface area contributed by atoms with Gasteiger partial charge in [0.15, 0.2) is 0 Å². The summed E-state index contributed by atoms with van der Waals surface area (Å²) in [5, 5.41) is 9.36. The van der Waals surface area contributed by atoms with Gasteiger partial charge in [-0.2, -0.15) is 0 Å². The van der Waals surface area contributed by atoms with Crippen LogP contribution in [0.3, 0.4) is 0 Å². The summed E-state index contributed by atoms with van der Waals surface area (Å²) >= 11 is 0. The minimum Gasteiger partial charge on any atom is -0.395 e. The Balaban J connectivity index is 1.74. The highest BCUT2D eigenvalue weighted by Crippen LogP contribution is 2.32. The summed E-state index contributed by atoms with van der Waals surface area (Å²) in [5.74, 6) is 0.155. The summed E-state index contributed by atoms with van der Waals surface area (Å²) in [7, 11) is 0. The first kappa shape index (κ1) is 13.6. The van der Waals surface area contributed by atoms with Gasteiger partial charge in [0.2, 0.25) is 5.91 Å². The lowest BCUT2D eigenvalue weighted by Crippen LogP contribution is -2.45. The van der Waals surface area contributed by atoms with Crippen molar-refractivity contribution < 1.29 is 9.90 Å². The molecule has 1 aromatic rings. The monoisotopic (exact) mass is 274 g/mol. The Hall–Kier alpha value is -1.39. The topological polar surface area (TPSA) is 43.8 Å². The van der Waals surface area contributed by atoms with Gasteiger partial charge in [-0.15, -0.1) is 0 Å². The molecule has 4 nitrogen and oxygen atoms in total. The van der Waals surface area contributed by atoms with Crippen molar-refractivity contribution in [3.8, 4) is 0 Å². The van der Waals surface area contributed by atoms with Crippen LogP contribution in [0, 0.1) is 0 Å². The molecule has 0 radical (unpaired) electrons. The number of aliphatic hydroxyl groups excluding tert-OH is 1. The van der Waals surface area contributed by atoms with Gasteiger partial charge >= 0.3 is 0 Å². The molecule has 3 rings (SSSR count). The molecule has 1 fully saturated rings. The van der Waals surface area contributed by atoms with Gasteiger partial charge in [0.25, 0.3) is 0 Å². The van der Waals surface area contributed by atoms with E-state index in [4.69, 9.17) is 0 Å². The number of hydrogen-bond acceptors (Lipinski definition) is 3. The number of nitrogens with zero attached hydrogens (tertiary/aromatic N) is 2. The lowest BCUT2D eigenvalue weighted by atomic mass is 10.1. The maximum atomic E-state index is 12.6. The number of likely N-dealkylation sites (tertiary alicyclic amines) is 1. The van der Waals surface area contributed by atoms with E-state index in [1.54, 1.807) is 0 Å². The predicted octanol–water partition coefficient (Wildman–Crippen LogP) is 1.42. The van der Waals surface area contributed by atoms with Crippen molar-refractivity contribution in [3.05, 3.63) is 29.8 Å². The number of amides is 1. The Morgan fingerprint density at radius 1 is 1.40 bits per heavy atom. The van der Waals surface area contributed by atoms with E-state index in [0.29, 0.717) is 6.54 Å². The van der Waals surface area contributed by atoms with Gasteiger partial charge in [-0.3, -0.25) is 9.69 Å². The van der Waals surface area contributed by atoms with Gasteiger partial charge < -0.3 is 10.0 Å². The number of fused-ring (bicyclic) bond motifs is 1. The van der Waals surface area contributed by atoms with Gasteiger partial charge in [0, 0.05) is 17.8 Å². The van der Waals surface area contributed by atoms with E-state index in [1.165, 1.54) is 5.56 Å². The Bertz CT molecular complexity index is 503. The summed E-state index contributed by atoms with van der Waals surface area (Å²) in [4.78, 5) is 16.7. The molecule has 2 atom stereocenters. The quantitative estimate of drug-likeness (QED) is 0.906. The molecule has 0 bridgehead atoms. The van der Waals surface area contributed by atoms with Crippen molar-refractivity contribution in [1.82, 2.24) is 4.90 Å². The Kier molecular flexibility index (Phi) is 3.76. The second kappa shape index (κ2) is 5.54. The van der Waals surface area contributed by atoms with Crippen molar-refractivity contribution in [2.75, 3.05) is 24.6 Å². The van der Waals surface area contributed by atoms with E-state index in [1.807, 2.05) is 23.1 Å². The zero-order valence-electron chi connectivity index (χ0n) is 12.0. The fraction of sp³-hybridized carbons (Fsp3) is 0.562. The minimum absolute atomic E-state index is 0.152. The van der Waals surface area contributed by atoms with E-state index in [9.17, 15) is 9.90 Å². The fourth-order valence-electron chi connectivity index (χ4n) is 3.51. The Labute approximate surface area is 120 Å². The third kappa shape index (κ3) is 2.34. The van der Waals surface area contributed by atoms with E-state index in [2.05, 4.69) is 17.9 Å². The number of anilines is 1. The summed E-state index contributed by atoms with van der Waals surface area (Å²) in [6.45, 7) is 3.59. The van der Waals surface area contributed by atoms with Gasteiger partial charge in [-0.1, -0.05) is 18.2 Å². The molecule has 4 heteroatoms. The van der Waals surface area contributed by atoms with Crippen molar-refractivity contribution in [2.24, 2.45) is 0 Å². The number of aliphatic hydroxyl groups is 1. The molecule has 108 valence electrons. The molecule has 1 amide bonds. The molecule has 0 aliphatic carbocycles. The number of carbonyl (C=O) groups excluding carboxylic acids is 1. The van der Waals surface area contributed by atoms with Crippen molar-refractivity contribution in [1.29, 1.82) is 0 Å². The Morgan fingerprint density at radius 3 is 3.00 bits per heavy atom. The Morgan fingerprint density at radius 2 is 2.20 bits per heavy atom. The van der Waals surface area contributed by atoms with Crippen LogP contribution in [-0.2, 0) is 11.2 Å². The second-order valence-electron chi connectivity index (χ2n) is 5.89. The maximum absolute atomic E-state index is 12.6. The van der Waals surface area contributed by atoms with Crippen LogP contribution < -0.4 is 4.90 Å². The van der Waals surface area contributed by atoms with Gasteiger partial charge in [0.05, 0.1) is 13.2 Å². The number of benzene rings is 1. The number of rotatable bonds is 3. The van der Waals surface area contributed by atoms with Crippen LogP contribution in [0.1, 0.15) is 25.3 Å². The van der Waals surface area contributed by atoms with Gasteiger partial charge in [0.1, 0.15) is 0 Å². The largest absolute Gasteiger partial charge is 0.395 e. The molecule has 1 aromatic carbocycles. The summed E-state index contributed by atoms with van der Waals surface area (Å²) in [6, 6.07) is 8.54. The van der Waals surface area contributed by atoms with Crippen LogP contribution in [-0.4, -0.2) is 47.7 Å². The van der Waals surface area contributed by atoms with Crippen LogP contribution >= 0.6 is 0 Å². The molecular formula is C16H22N2O2. The first-order valence-corrected chi connectivity index (χ1v) is 7.45. The van der Waals surface area contributed by atoms with Crippen LogP contribution in [0.2, 0.25) is 0 Å². The molecule has 20 heavy (non-hydrogen) atoms. The molecule has 2 aliphatic heterocycles. The second-order valence-corrected chi connectivity index (χ2v) is 5.89. The average Bonchev–Trinajstić information content (AvgIpc) is 3.01. The zero-order chi connectivity index (χ0) is 14.1. The minimum atomic E-state index is 0.152. The molecule has 0 spiro atoms. The van der Waals surface area contributed by atoms with E-state index in [-0.39, 0.29) is 24.6 Å². The van der Waals surface area contributed by atoms with Crippen LogP contribution in [0.5, 0.6) is 0 Å². The number of hydrogen-bond donors (Lipinski definition) is 1. The zero-order valence-corrected chi connectivity index (χ0v) is 12.0. The molecule has 0 saturated carbocycles. The van der Waals surface area contributed by atoms with E-state index in [0.717, 1.165) is 31.5 Å². The standard InChI is InChI=1S/C16H22N2O2/c1-12-9-13-5-2-3-7-15(13)18(12)16(20)10-17-8-4-6-14(17)11-19/h2-3,5,7,12,14,19H,4,6,8-11H2,1H3/t12?,14-/m0/s1. The predicted molar refractivity (Wildman–Crippen MR) is 78.8 cm³/mol. The lowest BCUT2D eigenvalue weighted by Gasteiger charge is -2.28. The van der Waals surface area contributed by atoms with Gasteiger partial charge in [-0.05, 0) is 44.4 Å². The van der Waals surface area contributed by atoms with E-state index < -0.39 is 0 Å². The molecule has 1 unspecified atom stereocenters. The van der Waals surface area contributed by atoms with Gasteiger partial charge in [-0.25, -0.2) is 0 Å². The molecule has 1 saturated heterocycles. The van der Waals surface area contributed by atoms with Crippen LogP contribution in [0.4, 0.5) is 5.69 Å². The highest BCUT2D eigenvalue weighted by atomic mass is 16.3. The van der Waals surface area contributed by atoms with Crippen LogP contribution in [0.15, 0.2) is 24.3 Å². The third-order valence-electron chi connectivity index (χ3n) is 4.52. The summed E-state index contributed by atoms with van der Waals surface area (Å²) < 4.78 is 0. The lowest BCUT2D eigenvalue weighted by molar-refractivity contribution is -0.120. The summed E-state index contributed by atoms with van der Waals surface area (Å²) in [6.07, 6.45) is 3.01. The molecular weight excluding hydrogens is 252 g/mol. The number of para-hydroxylation sites is 1. The summed E-state index contributed by atoms with van der Waals surface area (Å²) in [5.41, 5.74) is 2.32. The molecule has 1 N–H and O–H groups in total. The van der Waals surface area contributed by atoms with Crippen molar-refractivity contribution >= 4 is 11.6 Å². The van der Waals surface area contributed by atoms with Crippen LogP contribution in [0.25, 0.3) is 0 Å². The highest BCUT2D eigenvalue weighted by Gasteiger charge is 2.33. The molecule has 2 aliphatic rings.